The highest BCUT2D eigenvalue weighted by atomic mass is 35.5. The normalized spacial score (nSPS) is 28.9. The summed E-state index contributed by atoms with van der Waals surface area (Å²) < 4.78 is 40.5. The number of benzene rings is 1. The van der Waals surface area contributed by atoms with Gasteiger partial charge in [0, 0.05) is 23.2 Å². The number of fused-ring (bicyclic) bond motifs is 5. The van der Waals surface area contributed by atoms with E-state index in [-0.39, 0.29) is 30.7 Å². The van der Waals surface area contributed by atoms with E-state index in [9.17, 15) is 13.2 Å². The van der Waals surface area contributed by atoms with E-state index >= 15 is 0 Å². The van der Waals surface area contributed by atoms with Gasteiger partial charge in [0.15, 0.2) is 6.61 Å². The van der Waals surface area contributed by atoms with Crippen LogP contribution in [-0.2, 0) is 19.6 Å². The van der Waals surface area contributed by atoms with Gasteiger partial charge in [-0.05, 0) is 82.9 Å². The number of nitrogens with zero attached hydrogens (tertiary/aromatic N) is 1. The fraction of sp³-hybridized carbons (Fsp3) is 0.708. The van der Waals surface area contributed by atoms with Gasteiger partial charge in [-0.25, -0.2) is 13.1 Å². The Morgan fingerprint density at radius 2 is 1.88 bits per heavy atom. The lowest BCUT2D eigenvalue weighted by molar-refractivity contribution is -0.140. The van der Waals surface area contributed by atoms with Crippen LogP contribution < -0.4 is 9.46 Å². The largest absolute Gasteiger partial charge is 0.483 e. The zero-order valence-electron chi connectivity index (χ0n) is 19.7. The Kier molecular flexibility index (Phi) is 7.58. The van der Waals surface area contributed by atoms with E-state index in [2.05, 4.69) is 4.72 Å². The first-order valence-electron chi connectivity index (χ1n) is 12.0. The molecule has 1 amide bonds. The van der Waals surface area contributed by atoms with Crippen molar-refractivity contribution >= 4 is 27.5 Å². The van der Waals surface area contributed by atoms with Crippen molar-refractivity contribution in [3.05, 3.63) is 28.3 Å². The molecule has 1 aliphatic carbocycles. The molecule has 1 saturated heterocycles. The number of carbonyl (C=O) groups excluding carboxylic acids is 1. The first kappa shape index (κ1) is 24.8. The molecule has 1 aromatic carbocycles. The maximum Gasteiger partial charge on any atom is 0.260 e. The highest BCUT2D eigenvalue weighted by Gasteiger charge is 2.39. The van der Waals surface area contributed by atoms with Gasteiger partial charge in [0.2, 0.25) is 10.0 Å². The molecule has 7 nitrogen and oxygen atoms in total. The van der Waals surface area contributed by atoms with Crippen LogP contribution in [-0.4, -0.2) is 62.4 Å². The molecule has 1 saturated carbocycles. The number of carbonyl (C=O) groups is 1. The lowest BCUT2D eigenvalue weighted by Gasteiger charge is -2.42. The number of halogens is 1. The van der Waals surface area contributed by atoms with Crippen LogP contribution >= 0.6 is 11.6 Å². The number of ether oxygens (including phenoxy) is 2. The fourth-order valence-electron chi connectivity index (χ4n) is 5.34. The number of hydrogen-bond acceptors (Lipinski definition) is 5. The Balaban J connectivity index is 1.63. The quantitative estimate of drug-likeness (QED) is 0.685. The van der Waals surface area contributed by atoms with Gasteiger partial charge in [0.25, 0.3) is 5.91 Å². The van der Waals surface area contributed by atoms with Gasteiger partial charge in [-0.3, -0.25) is 4.79 Å². The average molecular weight is 499 g/mol. The zero-order chi connectivity index (χ0) is 23.8. The Labute approximate surface area is 202 Å². The zero-order valence-corrected chi connectivity index (χ0v) is 21.3. The molecule has 0 radical (unpaired) electrons. The average Bonchev–Trinajstić information content (AvgIpc) is 2.80. The van der Waals surface area contributed by atoms with Gasteiger partial charge in [0.1, 0.15) is 5.75 Å². The summed E-state index contributed by atoms with van der Waals surface area (Å²) >= 11 is 6.43. The van der Waals surface area contributed by atoms with Crippen molar-refractivity contribution in [2.24, 2.45) is 0 Å². The molecule has 2 bridgehead atoms. The predicted octanol–water partition coefficient (Wildman–Crippen LogP) is 3.77. The molecule has 0 spiro atoms. The smallest absolute Gasteiger partial charge is 0.260 e. The first-order valence-corrected chi connectivity index (χ1v) is 13.9. The maximum absolute atomic E-state index is 13.3. The molecule has 33 heavy (non-hydrogen) atoms. The number of piperidine rings is 1. The van der Waals surface area contributed by atoms with Crippen LogP contribution in [0.5, 0.6) is 5.75 Å². The third-order valence-electron chi connectivity index (χ3n) is 7.38. The van der Waals surface area contributed by atoms with Crippen LogP contribution in [0.2, 0.25) is 5.02 Å². The predicted molar refractivity (Wildman–Crippen MR) is 128 cm³/mol. The second-order valence-corrected chi connectivity index (χ2v) is 12.5. The Morgan fingerprint density at radius 1 is 1.15 bits per heavy atom. The lowest BCUT2D eigenvalue weighted by Crippen LogP contribution is -2.60. The summed E-state index contributed by atoms with van der Waals surface area (Å²) in [5.74, 6) is 0.893. The topological polar surface area (TPSA) is 84.9 Å². The molecular formula is C24H35ClN2O5S. The van der Waals surface area contributed by atoms with E-state index in [1.165, 1.54) is 0 Å². The summed E-state index contributed by atoms with van der Waals surface area (Å²) in [5, 5.41) is 0.173. The van der Waals surface area contributed by atoms with Gasteiger partial charge in [-0.1, -0.05) is 11.6 Å². The van der Waals surface area contributed by atoms with Crippen LogP contribution in [0.25, 0.3) is 0 Å². The molecule has 2 fully saturated rings. The maximum atomic E-state index is 13.3. The summed E-state index contributed by atoms with van der Waals surface area (Å²) in [5.41, 5.74) is 2.12. The summed E-state index contributed by atoms with van der Waals surface area (Å²) in [4.78, 5) is 15.0. The van der Waals surface area contributed by atoms with Crippen molar-refractivity contribution in [2.75, 3.05) is 19.8 Å². The Hall–Kier alpha value is -1.35. The summed E-state index contributed by atoms with van der Waals surface area (Å²) in [6.45, 7) is 6.13. The van der Waals surface area contributed by atoms with Crippen molar-refractivity contribution in [2.45, 2.75) is 88.7 Å². The minimum Gasteiger partial charge on any atom is -0.483 e. The standard InChI is InChI=1S/C24H35ClN2O5S/c1-15(2)33(29,30)26-20-5-4-12-27-21(20)13-31-18-8-6-17(7-9-18)24-16(3)19(25)10-11-22(24)32-14-23(27)28/h10-11,15,17-18,20-21,26H,4-9,12-14H2,1-3H3/t17-,18+,20?,21-/m0/s1. The highest BCUT2D eigenvalue weighted by molar-refractivity contribution is 7.90. The highest BCUT2D eigenvalue weighted by Crippen LogP contribution is 2.42. The Bertz CT molecular complexity index is 975. The third-order valence-corrected chi connectivity index (χ3v) is 9.66. The van der Waals surface area contributed by atoms with Gasteiger partial charge in [-0.15, -0.1) is 0 Å². The summed E-state index contributed by atoms with van der Waals surface area (Å²) in [7, 11) is -3.47. The second kappa shape index (κ2) is 10.1. The molecule has 5 rings (SSSR count). The molecule has 1 aromatic rings. The van der Waals surface area contributed by atoms with Crippen molar-refractivity contribution in [1.82, 2.24) is 9.62 Å². The van der Waals surface area contributed by atoms with E-state index in [1.807, 2.05) is 19.1 Å². The molecule has 9 heteroatoms. The molecular weight excluding hydrogens is 464 g/mol. The molecule has 1 unspecified atom stereocenters. The fourth-order valence-corrected chi connectivity index (χ4v) is 6.48. The number of amides is 1. The van der Waals surface area contributed by atoms with Crippen LogP contribution in [0.4, 0.5) is 0 Å². The molecule has 3 aliphatic heterocycles. The van der Waals surface area contributed by atoms with E-state index in [4.69, 9.17) is 21.1 Å². The number of hydrogen-bond donors (Lipinski definition) is 1. The van der Waals surface area contributed by atoms with E-state index in [1.54, 1.807) is 18.7 Å². The summed E-state index contributed by atoms with van der Waals surface area (Å²) in [6, 6.07) is 2.97. The van der Waals surface area contributed by atoms with Gasteiger partial charge >= 0.3 is 0 Å². The second-order valence-electron chi connectivity index (χ2n) is 9.79. The molecule has 3 heterocycles. The molecule has 2 atom stereocenters. The minimum absolute atomic E-state index is 0.0929. The molecule has 0 aromatic heterocycles. The van der Waals surface area contributed by atoms with Gasteiger partial charge in [-0.2, -0.15) is 0 Å². The van der Waals surface area contributed by atoms with E-state index in [0.717, 1.165) is 49.0 Å². The van der Waals surface area contributed by atoms with E-state index < -0.39 is 15.3 Å². The molecule has 184 valence electrons. The van der Waals surface area contributed by atoms with Crippen LogP contribution in [0.1, 0.15) is 69.4 Å². The molecule has 1 N–H and O–H groups in total. The van der Waals surface area contributed by atoms with Crippen LogP contribution in [0, 0.1) is 6.92 Å². The first-order chi connectivity index (χ1) is 15.7. The van der Waals surface area contributed by atoms with Crippen molar-refractivity contribution in [1.29, 1.82) is 0 Å². The van der Waals surface area contributed by atoms with Crippen LogP contribution in [0.15, 0.2) is 12.1 Å². The van der Waals surface area contributed by atoms with Gasteiger partial charge < -0.3 is 14.4 Å². The van der Waals surface area contributed by atoms with Crippen molar-refractivity contribution in [3.63, 3.8) is 0 Å². The lowest BCUT2D eigenvalue weighted by atomic mass is 9.80. The van der Waals surface area contributed by atoms with Gasteiger partial charge in [0.05, 0.1) is 24.0 Å². The molecule has 4 aliphatic rings. The monoisotopic (exact) mass is 498 g/mol. The van der Waals surface area contributed by atoms with E-state index in [0.29, 0.717) is 30.5 Å². The third kappa shape index (κ3) is 5.34. The SMILES string of the molecule is Cc1c(Cl)ccc2c1[C@H]1CC[C@H](CC1)OC[C@H]1C(NS(=O)(=O)C(C)C)CCCN1C(=O)CO2. The van der Waals surface area contributed by atoms with Crippen molar-refractivity contribution < 1.29 is 22.7 Å². The van der Waals surface area contributed by atoms with Crippen molar-refractivity contribution in [3.8, 4) is 5.75 Å². The Morgan fingerprint density at radius 3 is 2.58 bits per heavy atom. The minimum atomic E-state index is -3.47. The summed E-state index contributed by atoms with van der Waals surface area (Å²) in [6.07, 6.45) is 5.27. The number of sulfonamides is 1. The number of nitrogens with one attached hydrogen (secondary N) is 1. The number of rotatable bonds is 3. The van der Waals surface area contributed by atoms with Crippen LogP contribution in [0.3, 0.4) is 0 Å².